The number of rotatable bonds is 8. The van der Waals surface area contributed by atoms with Crippen molar-refractivity contribution in [3.8, 4) is 0 Å². The van der Waals surface area contributed by atoms with Crippen LogP contribution >= 0.6 is 0 Å². The van der Waals surface area contributed by atoms with Gasteiger partial charge in [0.2, 0.25) is 0 Å². The predicted molar refractivity (Wildman–Crippen MR) is 82.8 cm³/mol. The fourth-order valence-electron chi connectivity index (χ4n) is 2.23. The summed E-state index contributed by atoms with van der Waals surface area (Å²) in [6, 6.07) is 6.74. The van der Waals surface area contributed by atoms with E-state index in [2.05, 4.69) is 51.2 Å². The van der Waals surface area contributed by atoms with Crippen LogP contribution in [-0.4, -0.2) is 26.8 Å². The Morgan fingerprint density at radius 3 is 2.63 bits per heavy atom. The first-order valence-electron chi connectivity index (χ1n) is 7.20. The molecule has 2 nitrogen and oxygen atoms in total. The highest BCUT2D eigenvalue weighted by atomic mass is 16.5. The first-order chi connectivity index (χ1) is 8.94. The van der Waals surface area contributed by atoms with Crippen molar-refractivity contribution in [3.63, 3.8) is 0 Å². The van der Waals surface area contributed by atoms with Crippen LogP contribution in [0.3, 0.4) is 0 Å². The average molecular weight is 263 g/mol. The van der Waals surface area contributed by atoms with Crippen LogP contribution in [0.15, 0.2) is 18.2 Å². The lowest BCUT2D eigenvalue weighted by Crippen LogP contribution is -2.32. The molecule has 0 amide bonds. The SMILES string of the molecule is COCCNCC(C)(C)CCc1cc(C)ccc1C. The molecule has 0 unspecified atom stereocenters. The zero-order chi connectivity index (χ0) is 14.3. The number of benzene rings is 1. The van der Waals surface area contributed by atoms with Crippen molar-refractivity contribution in [1.82, 2.24) is 5.32 Å². The minimum atomic E-state index is 0.323. The van der Waals surface area contributed by atoms with E-state index in [9.17, 15) is 0 Å². The second-order valence-electron chi connectivity index (χ2n) is 6.26. The van der Waals surface area contributed by atoms with Gasteiger partial charge < -0.3 is 10.1 Å². The Morgan fingerprint density at radius 2 is 1.95 bits per heavy atom. The van der Waals surface area contributed by atoms with Crippen LogP contribution in [0.1, 0.15) is 37.0 Å². The summed E-state index contributed by atoms with van der Waals surface area (Å²) in [7, 11) is 1.74. The van der Waals surface area contributed by atoms with E-state index in [1.54, 1.807) is 7.11 Å². The van der Waals surface area contributed by atoms with E-state index in [0.717, 1.165) is 26.1 Å². The molecule has 0 heterocycles. The van der Waals surface area contributed by atoms with Gasteiger partial charge in [0.25, 0.3) is 0 Å². The van der Waals surface area contributed by atoms with E-state index in [-0.39, 0.29) is 0 Å². The maximum atomic E-state index is 5.05. The molecular formula is C17H29NO. The van der Waals surface area contributed by atoms with Gasteiger partial charge in [-0.2, -0.15) is 0 Å². The monoisotopic (exact) mass is 263 g/mol. The highest BCUT2D eigenvalue weighted by molar-refractivity contribution is 5.30. The third-order valence-electron chi connectivity index (χ3n) is 3.66. The smallest absolute Gasteiger partial charge is 0.0587 e. The first kappa shape index (κ1) is 16.2. The Hall–Kier alpha value is -0.860. The lowest BCUT2D eigenvalue weighted by Gasteiger charge is -2.25. The molecular weight excluding hydrogens is 234 g/mol. The summed E-state index contributed by atoms with van der Waals surface area (Å²) in [5, 5.41) is 3.46. The Kier molecular flexibility index (Phi) is 6.53. The zero-order valence-corrected chi connectivity index (χ0v) is 13.2. The summed E-state index contributed by atoms with van der Waals surface area (Å²) < 4.78 is 5.05. The van der Waals surface area contributed by atoms with Gasteiger partial charge in [0.15, 0.2) is 0 Å². The highest BCUT2D eigenvalue weighted by Gasteiger charge is 2.17. The largest absolute Gasteiger partial charge is 0.383 e. The summed E-state index contributed by atoms with van der Waals surface area (Å²) in [4.78, 5) is 0. The van der Waals surface area contributed by atoms with Gasteiger partial charge in [-0.25, -0.2) is 0 Å². The highest BCUT2D eigenvalue weighted by Crippen LogP contribution is 2.23. The zero-order valence-electron chi connectivity index (χ0n) is 13.2. The molecule has 0 atom stereocenters. The average Bonchev–Trinajstić information content (AvgIpc) is 2.36. The van der Waals surface area contributed by atoms with Gasteiger partial charge in [-0.05, 0) is 43.2 Å². The summed E-state index contributed by atoms with van der Waals surface area (Å²) in [6.45, 7) is 11.8. The predicted octanol–water partition coefficient (Wildman–Crippen LogP) is 3.50. The molecule has 0 aliphatic heterocycles. The van der Waals surface area contributed by atoms with E-state index < -0.39 is 0 Å². The number of ether oxygens (including phenoxy) is 1. The number of hydrogen-bond acceptors (Lipinski definition) is 2. The van der Waals surface area contributed by atoms with E-state index in [4.69, 9.17) is 4.74 Å². The third kappa shape index (κ3) is 6.22. The fraction of sp³-hybridized carbons (Fsp3) is 0.647. The molecule has 1 N–H and O–H groups in total. The van der Waals surface area contributed by atoms with Crippen LogP contribution in [0, 0.1) is 19.3 Å². The van der Waals surface area contributed by atoms with Crippen molar-refractivity contribution in [1.29, 1.82) is 0 Å². The van der Waals surface area contributed by atoms with Gasteiger partial charge in [0.1, 0.15) is 0 Å². The molecule has 1 aromatic carbocycles. The minimum absolute atomic E-state index is 0.323. The molecule has 0 radical (unpaired) electrons. The second-order valence-corrected chi connectivity index (χ2v) is 6.26. The Bertz CT molecular complexity index is 385. The van der Waals surface area contributed by atoms with Crippen molar-refractivity contribution in [2.75, 3.05) is 26.8 Å². The topological polar surface area (TPSA) is 21.3 Å². The Morgan fingerprint density at radius 1 is 1.21 bits per heavy atom. The van der Waals surface area contributed by atoms with E-state index in [1.807, 2.05) is 0 Å². The molecule has 0 aromatic heterocycles. The molecule has 0 saturated heterocycles. The number of hydrogen-bond donors (Lipinski definition) is 1. The molecule has 0 aliphatic rings. The van der Waals surface area contributed by atoms with E-state index >= 15 is 0 Å². The first-order valence-corrected chi connectivity index (χ1v) is 7.20. The maximum absolute atomic E-state index is 5.05. The molecule has 1 aromatic rings. The van der Waals surface area contributed by atoms with Crippen molar-refractivity contribution in [2.45, 2.75) is 40.5 Å². The van der Waals surface area contributed by atoms with Crippen LogP contribution < -0.4 is 5.32 Å². The van der Waals surface area contributed by atoms with E-state index in [0.29, 0.717) is 5.41 Å². The van der Waals surface area contributed by atoms with Crippen LogP contribution in [0.25, 0.3) is 0 Å². The van der Waals surface area contributed by atoms with Crippen LogP contribution in [0.2, 0.25) is 0 Å². The lowest BCUT2D eigenvalue weighted by molar-refractivity contribution is 0.193. The van der Waals surface area contributed by atoms with Crippen LogP contribution in [0.5, 0.6) is 0 Å². The molecule has 0 bridgehead atoms. The van der Waals surface area contributed by atoms with Crippen LogP contribution in [0.4, 0.5) is 0 Å². The van der Waals surface area contributed by atoms with Crippen molar-refractivity contribution in [3.05, 3.63) is 34.9 Å². The molecule has 0 fully saturated rings. The van der Waals surface area contributed by atoms with Crippen molar-refractivity contribution >= 4 is 0 Å². The van der Waals surface area contributed by atoms with Gasteiger partial charge in [0.05, 0.1) is 6.61 Å². The van der Waals surface area contributed by atoms with E-state index in [1.165, 1.54) is 23.1 Å². The number of methoxy groups -OCH3 is 1. The van der Waals surface area contributed by atoms with Gasteiger partial charge in [-0.1, -0.05) is 37.6 Å². The van der Waals surface area contributed by atoms with Gasteiger partial charge >= 0.3 is 0 Å². The summed E-state index contributed by atoms with van der Waals surface area (Å²) in [6.07, 6.45) is 2.36. The quantitative estimate of drug-likeness (QED) is 0.725. The van der Waals surface area contributed by atoms with Gasteiger partial charge in [0, 0.05) is 20.2 Å². The maximum Gasteiger partial charge on any atom is 0.0587 e. The molecule has 0 saturated carbocycles. The van der Waals surface area contributed by atoms with Crippen molar-refractivity contribution < 1.29 is 4.74 Å². The molecule has 0 aliphatic carbocycles. The number of aryl methyl sites for hydroxylation is 3. The fourth-order valence-corrected chi connectivity index (χ4v) is 2.23. The second kappa shape index (κ2) is 7.66. The molecule has 108 valence electrons. The number of nitrogens with one attached hydrogen (secondary N) is 1. The molecule has 19 heavy (non-hydrogen) atoms. The standard InChI is InChI=1S/C17H29NO/c1-14-6-7-15(2)16(12-14)8-9-17(3,4)13-18-10-11-19-5/h6-7,12,18H,8-11,13H2,1-5H3. The normalized spacial score (nSPS) is 11.8. The lowest BCUT2D eigenvalue weighted by atomic mass is 9.85. The Balaban J connectivity index is 2.43. The van der Waals surface area contributed by atoms with Gasteiger partial charge in [-0.15, -0.1) is 0 Å². The van der Waals surface area contributed by atoms with Crippen LogP contribution in [-0.2, 0) is 11.2 Å². The van der Waals surface area contributed by atoms with Crippen molar-refractivity contribution in [2.24, 2.45) is 5.41 Å². The minimum Gasteiger partial charge on any atom is -0.383 e. The summed E-state index contributed by atoms with van der Waals surface area (Å²) in [5.74, 6) is 0. The van der Waals surface area contributed by atoms with Gasteiger partial charge in [-0.3, -0.25) is 0 Å². The molecule has 1 rings (SSSR count). The summed E-state index contributed by atoms with van der Waals surface area (Å²) in [5.41, 5.74) is 4.58. The molecule has 0 spiro atoms. The third-order valence-corrected chi connectivity index (χ3v) is 3.66. The summed E-state index contributed by atoms with van der Waals surface area (Å²) >= 11 is 0. The Labute approximate surface area is 118 Å². The molecule has 2 heteroatoms.